The number of rotatable bonds is 4. The van der Waals surface area contributed by atoms with Crippen molar-refractivity contribution in [2.75, 3.05) is 41.3 Å². The van der Waals surface area contributed by atoms with Gasteiger partial charge in [0.15, 0.2) is 5.69 Å². The molecule has 0 spiro atoms. The average molecular weight is 554 g/mol. The Labute approximate surface area is 219 Å². The van der Waals surface area contributed by atoms with E-state index in [1.54, 1.807) is 35.4 Å². The fourth-order valence-electron chi connectivity index (χ4n) is 4.08. The standard InChI is InChI=1S/C24H18Cl3F3N6/c25-14-4-5-15-18(12-14)31-7-6-19(15)35-8-10-36(11-9-35)21-13-20(24(28,29)30)33-23(34-21)32-17-3-1-2-16(26)22(17)27/h1-7,12-13H,8-11H2,(H,32,33,34). The number of benzene rings is 2. The van der Waals surface area contributed by atoms with Gasteiger partial charge in [0.1, 0.15) is 5.82 Å². The molecule has 0 unspecified atom stereocenters. The Morgan fingerprint density at radius 1 is 0.861 bits per heavy atom. The Bertz CT molecular complexity index is 1420. The van der Waals surface area contributed by atoms with E-state index >= 15 is 0 Å². The highest BCUT2D eigenvalue weighted by Gasteiger charge is 2.35. The summed E-state index contributed by atoms with van der Waals surface area (Å²) in [6, 6.07) is 13.2. The predicted molar refractivity (Wildman–Crippen MR) is 138 cm³/mol. The number of hydrogen-bond donors (Lipinski definition) is 1. The molecule has 0 bridgehead atoms. The van der Waals surface area contributed by atoms with Crippen molar-refractivity contribution >= 4 is 68.8 Å². The van der Waals surface area contributed by atoms with Gasteiger partial charge in [-0.1, -0.05) is 40.9 Å². The predicted octanol–water partition coefficient (Wildman–Crippen LogP) is 7.07. The normalized spacial score (nSPS) is 14.4. The monoisotopic (exact) mass is 552 g/mol. The molecule has 2 aromatic carbocycles. The van der Waals surface area contributed by atoms with Crippen LogP contribution in [-0.2, 0) is 6.18 Å². The summed E-state index contributed by atoms with van der Waals surface area (Å²) < 4.78 is 41.0. The van der Waals surface area contributed by atoms with Crippen molar-refractivity contribution < 1.29 is 13.2 Å². The van der Waals surface area contributed by atoms with Gasteiger partial charge >= 0.3 is 6.18 Å². The summed E-state index contributed by atoms with van der Waals surface area (Å²) >= 11 is 18.3. The maximum absolute atomic E-state index is 13.7. The second-order valence-electron chi connectivity index (χ2n) is 8.12. The van der Waals surface area contributed by atoms with Crippen LogP contribution in [0.25, 0.3) is 10.9 Å². The van der Waals surface area contributed by atoms with Crippen molar-refractivity contribution in [3.05, 3.63) is 75.5 Å². The second-order valence-corrected chi connectivity index (χ2v) is 9.35. The number of pyridine rings is 1. The van der Waals surface area contributed by atoms with E-state index in [-0.39, 0.29) is 21.8 Å². The zero-order chi connectivity index (χ0) is 25.4. The number of aromatic nitrogens is 3. The molecule has 36 heavy (non-hydrogen) atoms. The van der Waals surface area contributed by atoms with Gasteiger partial charge in [-0.3, -0.25) is 4.98 Å². The first kappa shape index (κ1) is 24.7. The van der Waals surface area contributed by atoms with E-state index in [2.05, 4.69) is 25.2 Å². The maximum atomic E-state index is 13.7. The number of halogens is 6. The Morgan fingerprint density at radius 2 is 1.61 bits per heavy atom. The number of fused-ring (bicyclic) bond motifs is 1. The van der Waals surface area contributed by atoms with Crippen LogP contribution in [0.3, 0.4) is 0 Å². The van der Waals surface area contributed by atoms with E-state index in [0.29, 0.717) is 36.9 Å². The molecule has 12 heteroatoms. The van der Waals surface area contributed by atoms with Gasteiger partial charge in [-0.05, 0) is 36.4 Å². The lowest BCUT2D eigenvalue weighted by Crippen LogP contribution is -2.47. The summed E-state index contributed by atoms with van der Waals surface area (Å²) in [5.74, 6) is -0.0487. The first-order valence-corrected chi connectivity index (χ1v) is 12.0. The van der Waals surface area contributed by atoms with Crippen molar-refractivity contribution in [1.29, 1.82) is 0 Å². The van der Waals surface area contributed by atoms with E-state index in [9.17, 15) is 13.2 Å². The van der Waals surface area contributed by atoms with Crippen LogP contribution in [0.2, 0.25) is 15.1 Å². The van der Waals surface area contributed by atoms with Crippen molar-refractivity contribution in [3.8, 4) is 0 Å². The largest absolute Gasteiger partial charge is 0.433 e. The van der Waals surface area contributed by atoms with Gasteiger partial charge in [-0.2, -0.15) is 18.2 Å². The van der Waals surface area contributed by atoms with Crippen LogP contribution in [0.15, 0.2) is 54.7 Å². The molecule has 5 rings (SSSR count). The van der Waals surface area contributed by atoms with Crippen LogP contribution in [0.5, 0.6) is 0 Å². The van der Waals surface area contributed by atoms with Crippen LogP contribution >= 0.6 is 34.8 Å². The van der Waals surface area contributed by atoms with Crippen molar-refractivity contribution in [1.82, 2.24) is 15.0 Å². The van der Waals surface area contributed by atoms with Gasteiger partial charge in [0.2, 0.25) is 5.95 Å². The van der Waals surface area contributed by atoms with E-state index in [4.69, 9.17) is 34.8 Å². The Balaban J connectivity index is 1.40. The molecule has 186 valence electrons. The Kier molecular flexibility index (Phi) is 6.72. The molecular formula is C24H18Cl3F3N6. The first-order valence-electron chi connectivity index (χ1n) is 10.9. The maximum Gasteiger partial charge on any atom is 0.433 e. The number of nitrogens with one attached hydrogen (secondary N) is 1. The van der Waals surface area contributed by atoms with Crippen molar-refractivity contribution in [2.45, 2.75) is 6.18 Å². The third kappa shape index (κ3) is 5.09. The molecule has 1 saturated heterocycles. The molecule has 3 heterocycles. The highest BCUT2D eigenvalue weighted by atomic mass is 35.5. The number of hydrogen-bond acceptors (Lipinski definition) is 6. The summed E-state index contributed by atoms with van der Waals surface area (Å²) in [6.45, 7) is 2.08. The molecule has 0 atom stereocenters. The lowest BCUT2D eigenvalue weighted by molar-refractivity contribution is -0.141. The summed E-state index contributed by atoms with van der Waals surface area (Å²) in [4.78, 5) is 16.4. The number of piperazine rings is 1. The third-order valence-corrected chi connectivity index (χ3v) is 6.88. The zero-order valence-corrected chi connectivity index (χ0v) is 20.8. The van der Waals surface area contributed by atoms with Crippen LogP contribution in [0.4, 0.5) is 36.3 Å². The quantitative estimate of drug-likeness (QED) is 0.292. The number of anilines is 4. The highest BCUT2D eigenvalue weighted by Crippen LogP contribution is 2.35. The first-order chi connectivity index (χ1) is 17.2. The van der Waals surface area contributed by atoms with Gasteiger partial charge in [-0.15, -0.1) is 0 Å². The average Bonchev–Trinajstić information content (AvgIpc) is 2.86. The fourth-order valence-corrected chi connectivity index (χ4v) is 4.59. The summed E-state index contributed by atoms with van der Waals surface area (Å²) in [5.41, 5.74) is 1.04. The lowest BCUT2D eigenvalue weighted by Gasteiger charge is -2.37. The van der Waals surface area contributed by atoms with Crippen LogP contribution in [0.1, 0.15) is 5.69 Å². The third-order valence-electron chi connectivity index (χ3n) is 5.83. The van der Waals surface area contributed by atoms with Crippen molar-refractivity contribution in [2.24, 2.45) is 0 Å². The van der Waals surface area contributed by atoms with Crippen LogP contribution in [0, 0.1) is 0 Å². The van der Waals surface area contributed by atoms with Gasteiger partial charge < -0.3 is 15.1 Å². The summed E-state index contributed by atoms with van der Waals surface area (Å²) in [7, 11) is 0. The second kappa shape index (κ2) is 9.80. The molecule has 1 aliphatic heterocycles. The van der Waals surface area contributed by atoms with Gasteiger partial charge in [0.05, 0.1) is 21.2 Å². The highest BCUT2D eigenvalue weighted by molar-refractivity contribution is 6.43. The van der Waals surface area contributed by atoms with E-state index < -0.39 is 11.9 Å². The van der Waals surface area contributed by atoms with Crippen molar-refractivity contribution in [3.63, 3.8) is 0 Å². The molecular weight excluding hydrogens is 536 g/mol. The van der Waals surface area contributed by atoms with E-state index in [1.165, 1.54) is 0 Å². The topological polar surface area (TPSA) is 57.2 Å². The lowest BCUT2D eigenvalue weighted by atomic mass is 10.1. The van der Waals surface area contributed by atoms with Gasteiger partial charge in [0.25, 0.3) is 0 Å². The molecule has 0 saturated carbocycles. The van der Waals surface area contributed by atoms with Crippen LogP contribution < -0.4 is 15.1 Å². The summed E-state index contributed by atoms with van der Waals surface area (Å²) in [6.07, 6.45) is -2.93. The zero-order valence-electron chi connectivity index (χ0n) is 18.5. The van der Waals surface area contributed by atoms with Gasteiger partial charge in [-0.25, -0.2) is 4.98 Å². The smallest absolute Gasteiger partial charge is 0.367 e. The molecule has 4 aromatic rings. The SMILES string of the molecule is FC(F)(F)c1cc(N2CCN(c3ccnc4cc(Cl)ccc34)CC2)nc(Nc2cccc(Cl)c2Cl)n1. The molecule has 1 N–H and O–H groups in total. The summed E-state index contributed by atoms with van der Waals surface area (Å²) in [5, 5.41) is 4.76. The minimum atomic E-state index is -4.65. The molecule has 6 nitrogen and oxygen atoms in total. The van der Waals surface area contributed by atoms with E-state index in [1.807, 2.05) is 18.2 Å². The number of alkyl halides is 3. The molecule has 0 aliphatic carbocycles. The molecule has 1 fully saturated rings. The molecule has 2 aromatic heterocycles. The van der Waals surface area contributed by atoms with Gasteiger partial charge in [0, 0.05) is 54.5 Å². The Hall–Kier alpha value is -3.01. The molecule has 0 amide bonds. The molecule has 0 radical (unpaired) electrons. The van der Waals surface area contributed by atoms with E-state index in [0.717, 1.165) is 22.7 Å². The molecule has 1 aliphatic rings. The van der Waals surface area contributed by atoms with Crippen LogP contribution in [-0.4, -0.2) is 41.1 Å². The Morgan fingerprint density at radius 3 is 2.36 bits per heavy atom. The minimum Gasteiger partial charge on any atom is -0.367 e. The fraction of sp³-hybridized carbons (Fsp3) is 0.208. The minimum absolute atomic E-state index is 0.168. The number of nitrogens with zero attached hydrogens (tertiary/aromatic N) is 5.